The molecule has 2 unspecified atom stereocenters. The lowest BCUT2D eigenvalue weighted by molar-refractivity contribution is 0.342. The highest BCUT2D eigenvalue weighted by molar-refractivity contribution is 7.90. The number of nitrogens with one attached hydrogen (secondary N) is 1. The normalized spacial score (nSPS) is 24.8. The van der Waals surface area contributed by atoms with Crippen LogP contribution in [0.15, 0.2) is 0 Å². The highest BCUT2D eigenvalue weighted by Crippen LogP contribution is 2.15. The van der Waals surface area contributed by atoms with Crippen LogP contribution < -0.4 is 10.5 Å². The third-order valence-electron chi connectivity index (χ3n) is 3.25. The van der Waals surface area contributed by atoms with E-state index in [9.17, 15) is 8.42 Å². The van der Waals surface area contributed by atoms with Gasteiger partial charge in [-0.1, -0.05) is 6.92 Å². The fraction of sp³-hybridized carbons (Fsp3) is 1.00. The summed E-state index contributed by atoms with van der Waals surface area (Å²) in [5, 5.41) is -0.504. The molecule has 3 N–H and O–H groups in total. The van der Waals surface area contributed by atoms with Crippen LogP contribution in [0.1, 0.15) is 20.3 Å². The Morgan fingerprint density at radius 3 is 2.75 bits per heavy atom. The van der Waals surface area contributed by atoms with E-state index in [4.69, 9.17) is 5.73 Å². The quantitative estimate of drug-likeness (QED) is 0.671. The zero-order valence-corrected chi connectivity index (χ0v) is 11.0. The van der Waals surface area contributed by atoms with Gasteiger partial charge >= 0.3 is 0 Å². The summed E-state index contributed by atoms with van der Waals surface area (Å²) in [4.78, 5) is 2.34. The maximum Gasteiger partial charge on any atom is 0.215 e. The van der Waals surface area contributed by atoms with Gasteiger partial charge in [0.1, 0.15) is 0 Å². The third kappa shape index (κ3) is 3.69. The summed E-state index contributed by atoms with van der Waals surface area (Å²) in [6.07, 6.45) is 1.08. The Labute approximate surface area is 98.4 Å². The van der Waals surface area contributed by atoms with E-state index >= 15 is 0 Å². The molecule has 1 rings (SSSR count). The molecule has 16 heavy (non-hydrogen) atoms. The first-order valence-electron chi connectivity index (χ1n) is 5.90. The molecule has 0 spiro atoms. The minimum atomic E-state index is -3.22. The van der Waals surface area contributed by atoms with Crippen molar-refractivity contribution >= 4 is 10.0 Å². The average Bonchev–Trinajstić information content (AvgIpc) is 2.73. The van der Waals surface area contributed by atoms with Crippen molar-refractivity contribution in [1.82, 2.24) is 9.62 Å². The van der Waals surface area contributed by atoms with Gasteiger partial charge in [-0.2, -0.15) is 0 Å². The number of nitrogens with zero attached hydrogens (tertiary/aromatic N) is 1. The van der Waals surface area contributed by atoms with Crippen LogP contribution in [0.5, 0.6) is 0 Å². The summed E-state index contributed by atoms with van der Waals surface area (Å²) < 4.78 is 26.0. The second-order valence-corrected chi connectivity index (χ2v) is 6.67. The average molecular weight is 249 g/mol. The molecule has 0 radical (unpaired) electrons. The molecule has 5 nitrogen and oxygen atoms in total. The maximum absolute atomic E-state index is 11.7. The Morgan fingerprint density at radius 2 is 2.25 bits per heavy atom. The Morgan fingerprint density at radius 1 is 1.56 bits per heavy atom. The molecule has 0 aliphatic carbocycles. The van der Waals surface area contributed by atoms with Gasteiger partial charge in [0, 0.05) is 19.6 Å². The number of nitrogens with two attached hydrogens (primary N) is 1. The first-order chi connectivity index (χ1) is 7.49. The van der Waals surface area contributed by atoms with Gasteiger partial charge in [-0.15, -0.1) is 0 Å². The van der Waals surface area contributed by atoms with Crippen molar-refractivity contribution in [3.8, 4) is 0 Å². The van der Waals surface area contributed by atoms with E-state index in [1.807, 2.05) is 0 Å². The summed E-state index contributed by atoms with van der Waals surface area (Å²) >= 11 is 0. The van der Waals surface area contributed by atoms with Gasteiger partial charge < -0.3 is 10.6 Å². The smallest absolute Gasteiger partial charge is 0.215 e. The van der Waals surface area contributed by atoms with Gasteiger partial charge in [0.25, 0.3) is 0 Å². The summed E-state index contributed by atoms with van der Waals surface area (Å²) in [5.74, 6) is 0.444. The standard InChI is InChI=1S/C10H23N3O2S/c1-3-13-5-4-10(8-13)7-12-16(14,15)9(2)6-11/h9-10,12H,3-8,11H2,1-2H3. The lowest BCUT2D eigenvalue weighted by atomic mass is 10.1. The SMILES string of the molecule is CCN1CCC(CNS(=O)(=O)C(C)CN)C1. The van der Waals surface area contributed by atoms with Crippen molar-refractivity contribution in [2.45, 2.75) is 25.5 Å². The third-order valence-corrected chi connectivity index (χ3v) is 5.07. The predicted molar refractivity (Wildman–Crippen MR) is 65.7 cm³/mol. The molecule has 0 bridgehead atoms. The lowest BCUT2D eigenvalue weighted by Gasteiger charge is -2.16. The number of hydrogen-bond donors (Lipinski definition) is 2. The van der Waals surface area contributed by atoms with Crippen LogP contribution in [0.3, 0.4) is 0 Å². The van der Waals surface area contributed by atoms with Crippen LogP contribution >= 0.6 is 0 Å². The van der Waals surface area contributed by atoms with Crippen LogP contribution in [0.25, 0.3) is 0 Å². The molecule has 1 aliphatic rings. The molecule has 0 saturated carbocycles. The number of likely N-dealkylation sites (tertiary alicyclic amines) is 1. The number of sulfonamides is 1. The molecule has 0 aromatic rings. The molecule has 6 heteroatoms. The minimum absolute atomic E-state index is 0.168. The molecular weight excluding hydrogens is 226 g/mol. The minimum Gasteiger partial charge on any atom is -0.329 e. The predicted octanol–water partition coefficient (Wildman–Crippen LogP) is -0.405. The Bertz CT molecular complexity index is 305. The zero-order chi connectivity index (χ0) is 12.2. The van der Waals surface area contributed by atoms with Gasteiger partial charge in [0.15, 0.2) is 0 Å². The lowest BCUT2D eigenvalue weighted by Crippen LogP contribution is -2.39. The van der Waals surface area contributed by atoms with Gasteiger partial charge in [-0.05, 0) is 32.4 Å². The van der Waals surface area contributed by atoms with Crippen molar-refractivity contribution in [3.05, 3.63) is 0 Å². The van der Waals surface area contributed by atoms with E-state index in [2.05, 4.69) is 16.5 Å². The molecule has 0 aromatic heterocycles. The summed E-state index contributed by atoms with van der Waals surface area (Å²) in [6.45, 7) is 7.59. The highest BCUT2D eigenvalue weighted by atomic mass is 32.2. The molecule has 1 saturated heterocycles. The molecule has 2 atom stereocenters. The van der Waals surface area contributed by atoms with E-state index < -0.39 is 15.3 Å². The maximum atomic E-state index is 11.7. The molecule has 1 fully saturated rings. The van der Waals surface area contributed by atoms with Crippen molar-refractivity contribution in [2.75, 3.05) is 32.7 Å². The zero-order valence-electron chi connectivity index (χ0n) is 10.1. The first-order valence-corrected chi connectivity index (χ1v) is 7.45. The summed E-state index contributed by atoms with van der Waals surface area (Å²) in [7, 11) is -3.22. The van der Waals surface area contributed by atoms with E-state index in [-0.39, 0.29) is 6.54 Å². The molecule has 1 heterocycles. The summed E-state index contributed by atoms with van der Waals surface area (Å²) in [5.41, 5.74) is 5.36. The van der Waals surface area contributed by atoms with Crippen LogP contribution in [0.4, 0.5) is 0 Å². The van der Waals surface area contributed by atoms with Crippen molar-refractivity contribution in [3.63, 3.8) is 0 Å². The molecule has 0 aromatic carbocycles. The number of hydrogen-bond acceptors (Lipinski definition) is 4. The topological polar surface area (TPSA) is 75.4 Å². The molecule has 1 aliphatic heterocycles. The Hall–Kier alpha value is -0.170. The molecule has 96 valence electrons. The molecular formula is C10H23N3O2S. The molecule has 0 amide bonds. The van der Waals surface area contributed by atoms with Crippen molar-refractivity contribution in [1.29, 1.82) is 0 Å². The largest absolute Gasteiger partial charge is 0.329 e. The van der Waals surface area contributed by atoms with Crippen molar-refractivity contribution in [2.24, 2.45) is 11.7 Å². The fourth-order valence-electron chi connectivity index (χ4n) is 1.87. The van der Waals surface area contributed by atoms with E-state index in [0.29, 0.717) is 12.5 Å². The van der Waals surface area contributed by atoms with Gasteiger partial charge in [-0.25, -0.2) is 13.1 Å². The van der Waals surface area contributed by atoms with E-state index in [0.717, 1.165) is 26.1 Å². The van der Waals surface area contributed by atoms with Gasteiger partial charge in [-0.3, -0.25) is 0 Å². The monoisotopic (exact) mass is 249 g/mol. The Balaban J connectivity index is 2.35. The van der Waals surface area contributed by atoms with Gasteiger partial charge in [0.05, 0.1) is 5.25 Å². The Kier molecular flexibility index (Phi) is 5.17. The number of rotatable bonds is 6. The second kappa shape index (κ2) is 5.95. The van der Waals surface area contributed by atoms with E-state index in [1.54, 1.807) is 6.92 Å². The fourth-order valence-corrected chi connectivity index (χ4v) is 2.88. The summed E-state index contributed by atoms with van der Waals surface area (Å²) in [6, 6.07) is 0. The highest BCUT2D eigenvalue weighted by Gasteiger charge is 2.24. The van der Waals surface area contributed by atoms with Crippen LogP contribution in [-0.2, 0) is 10.0 Å². The second-order valence-electron chi connectivity index (χ2n) is 4.49. The van der Waals surface area contributed by atoms with Crippen LogP contribution in [-0.4, -0.2) is 51.3 Å². The van der Waals surface area contributed by atoms with Crippen molar-refractivity contribution < 1.29 is 8.42 Å². The van der Waals surface area contributed by atoms with E-state index in [1.165, 1.54) is 0 Å². The first kappa shape index (κ1) is 13.9. The van der Waals surface area contributed by atoms with Crippen LogP contribution in [0, 0.1) is 5.92 Å². The van der Waals surface area contributed by atoms with Gasteiger partial charge in [0.2, 0.25) is 10.0 Å². The van der Waals surface area contributed by atoms with Crippen LogP contribution in [0.2, 0.25) is 0 Å².